The first kappa shape index (κ1) is 10.1. The van der Waals surface area contributed by atoms with Gasteiger partial charge in [-0.1, -0.05) is 36.8 Å². The molecule has 2 rings (SSSR count). The van der Waals surface area contributed by atoms with Gasteiger partial charge in [-0.3, -0.25) is 10.1 Å². The summed E-state index contributed by atoms with van der Waals surface area (Å²) in [5.41, 5.74) is 0.205. The number of phenols is 1. The number of hydrogen-bond acceptors (Lipinski definition) is 2. The van der Waals surface area contributed by atoms with Gasteiger partial charge in [0.1, 0.15) is 5.75 Å². The van der Waals surface area contributed by atoms with E-state index in [0.29, 0.717) is 5.39 Å². The third-order valence-electron chi connectivity index (χ3n) is 2.32. The molecule has 3 nitrogen and oxygen atoms in total. The van der Waals surface area contributed by atoms with E-state index in [-0.39, 0.29) is 11.3 Å². The molecular weight excluding hydrogens is 202 g/mol. The van der Waals surface area contributed by atoms with Gasteiger partial charge in [0.05, 0.1) is 5.56 Å². The highest BCUT2D eigenvalue weighted by Crippen LogP contribution is 2.26. The maximum atomic E-state index is 11.7. The molecule has 2 aromatic rings. The second-order valence-corrected chi connectivity index (χ2v) is 3.28. The van der Waals surface area contributed by atoms with Gasteiger partial charge >= 0.3 is 0 Å². The summed E-state index contributed by atoms with van der Waals surface area (Å²) >= 11 is 0. The van der Waals surface area contributed by atoms with Crippen LogP contribution in [0.5, 0.6) is 5.75 Å². The van der Waals surface area contributed by atoms with E-state index in [1.54, 1.807) is 18.2 Å². The van der Waals surface area contributed by atoms with Gasteiger partial charge in [-0.05, 0) is 16.8 Å². The lowest BCUT2D eigenvalue weighted by atomic mass is 10.0. The number of phenolic OH excluding ortho intramolecular Hbond substituents is 1. The minimum Gasteiger partial charge on any atom is -0.507 e. The summed E-state index contributed by atoms with van der Waals surface area (Å²) in [6, 6.07) is 12.6. The quantitative estimate of drug-likeness (QED) is 0.558. The second kappa shape index (κ2) is 3.95. The first-order chi connectivity index (χ1) is 7.74. The Morgan fingerprint density at radius 2 is 2.00 bits per heavy atom. The molecule has 0 unspecified atom stereocenters. The highest BCUT2D eigenvalue weighted by atomic mass is 16.3. The fourth-order valence-corrected chi connectivity index (χ4v) is 1.63. The largest absolute Gasteiger partial charge is 0.507 e. The molecule has 2 N–H and O–H groups in total. The summed E-state index contributed by atoms with van der Waals surface area (Å²) in [5.74, 6) is -0.553. The Morgan fingerprint density at radius 3 is 2.75 bits per heavy atom. The molecule has 2 aromatic carbocycles. The SMILES string of the molecule is C#CNC(=O)c1c(O)ccc2ccccc12. The molecule has 0 heterocycles. The molecule has 0 aliphatic heterocycles. The molecule has 0 spiro atoms. The average Bonchev–Trinajstić information content (AvgIpc) is 2.29. The number of fused-ring (bicyclic) bond motifs is 1. The molecule has 0 aromatic heterocycles. The summed E-state index contributed by atoms with van der Waals surface area (Å²) in [4.78, 5) is 11.7. The van der Waals surface area contributed by atoms with Crippen LogP contribution in [0.15, 0.2) is 36.4 Å². The van der Waals surface area contributed by atoms with Gasteiger partial charge in [-0.15, -0.1) is 0 Å². The van der Waals surface area contributed by atoms with Crippen molar-refractivity contribution in [2.45, 2.75) is 0 Å². The van der Waals surface area contributed by atoms with Crippen molar-refractivity contribution in [2.75, 3.05) is 0 Å². The van der Waals surface area contributed by atoms with Crippen LogP contribution >= 0.6 is 0 Å². The van der Waals surface area contributed by atoms with Crippen LogP contribution in [0.25, 0.3) is 10.8 Å². The average molecular weight is 211 g/mol. The van der Waals surface area contributed by atoms with Crippen LogP contribution in [0, 0.1) is 12.5 Å². The first-order valence-electron chi connectivity index (χ1n) is 4.70. The smallest absolute Gasteiger partial charge is 0.267 e. The zero-order valence-electron chi connectivity index (χ0n) is 8.40. The van der Waals surface area contributed by atoms with Crippen LogP contribution in [0.3, 0.4) is 0 Å². The Hall–Kier alpha value is -2.47. The highest BCUT2D eigenvalue weighted by molar-refractivity contribution is 6.09. The number of carbonyl (C=O) groups is 1. The normalized spacial score (nSPS) is 9.69. The third-order valence-corrected chi connectivity index (χ3v) is 2.32. The van der Waals surface area contributed by atoms with Gasteiger partial charge in [-0.2, -0.15) is 0 Å². The van der Waals surface area contributed by atoms with Gasteiger partial charge < -0.3 is 5.11 Å². The summed E-state index contributed by atoms with van der Waals surface area (Å²) in [6.45, 7) is 0. The Labute approximate surface area is 92.7 Å². The molecular formula is C13H9NO2. The fourth-order valence-electron chi connectivity index (χ4n) is 1.63. The molecule has 0 fully saturated rings. The molecule has 78 valence electrons. The van der Waals surface area contributed by atoms with Crippen molar-refractivity contribution in [1.29, 1.82) is 0 Å². The summed E-state index contributed by atoms with van der Waals surface area (Å²) in [5, 5.41) is 13.5. The molecule has 0 atom stereocenters. The van der Waals surface area contributed by atoms with Crippen molar-refractivity contribution in [3.05, 3.63) is 42.0 Å². The minimum atomic E-state index is -0.475. The van der Waals surface area contributed by atoms with Crippen molar-refractivity contribution in [2.24, 2.45) is 0 Å². The highest BCUT2D eigenvalue weighted by Gasteiger charge is 2.13. The Morgan fingerprint density at radius 1 is 1.25 bits per heavy atom. The number of carbonyl (C=O) groups excluding carboxylic acids is 1. The van der Waals surface area contributed by atoms with E-state index in [1.165, 1.54) is 6.07 Å². The predicted octanol–water partition coefficient (Wildman–Crippen LogP) is 1.87. The molecule has 16 heavy (non-hydrogen) atoms. The minimum absolute atomic E-state index is 0.0774. The van der Waals surface area contributed by atoms with Crippen LogP contribution in [-0.4, -0.2) is 11.0 Å². The van der Waals surface area contributed by atoms with Crippen molar-refractivity contribution in [3.8, 4) is 18.2 Å². The maximum Gasteiger partial charge on any atom is 0.267 e. The zero-order valence-corrected chi connectivity index (χ0v) is 8.40. The lowest BCUT2D eigenvalue weighted by Crippen LogP contribution is -2.17. The fraction of sp³-hybridized carbons (Fsp3) is 0. The second-order valence-electron chi connectivity index (χ2n) is 3.28. The summed E-state index contributed by atoms with van der Waals surface area (Å²) < 4.78 is 0. The summed E-state index contributed by atoms with van der Waals surface area (Å²) in [7, 11) is 0. The molecule has 0 saturated carbocycles. The number of aromatic hydroxyl groups is 1. The van der Waals surface area contributed by atoms with Crippen molar-refractivity contribution in [3.63, 3.8) is 0 Å². The molecule has 0 saturated heterocycles. The lowest BCUT2D eigenvalue weighted by Gasteiger charge is -2.06. The van der Waals surface area contributed by atoms with Crippen LogP contribution in [0.4, 0.5) is 0 Å². The predicted molar refractivity (Wildman–Crippen MR) is 61.9 cm³/mol. The van der Waals surface area contributed by atoms with E-state index >= 15 is 0 Å². The number of amides is 1. The van der Waals surface area contributed by atoms with Crippen LogP contribution in [0.1, 0.15) is 10.4 Å². The zero-order chi connectivity index (χ0) is 11.5. The lowest BCUT2D eigenvalue weighted by molar-refractivity contribution is 0.0972. The van der Waals surface area contributed by atoms with E-state index in [4.69, 9.17) is 6.42 Å². The first-order valence-corrected chi connectivity index (χ1v) is 4.70. The number of benzene rings is 2. The summed E-state index contributed by atoms with van der Waals surface area (Å²) in [6.07, 6.45) is 5.00. The maximum absolute atomic E-state index is 11.7. The molecule has 0 aliphatic carbocycles. The van der Waals surface area contributed by atoms with Crippen LogP contribution in [-0.2, 0) is 0 Å². The third kappa shape index (κ3) is 1.57. The van der Waals surface area contributed by atoms with Gasteiger partial charge in [-0.25, -0.2) is 0 Å². The Balaban J connectivity index is 2.71. The molecule has 3 heteroatoms. The van der Waals surface area contributed by atoms with Gasteiger partial charge in [0.2, 0.25) is 0 Å². The number of rotatable bonds is 1. The van der Waals surface area contributed by atoms with E-state index in [0.717, 1.165) is 5.39 Å². The molecule has 0 aliphatic rings. The molecule has 0 bridgehead atoms. The Bertz CT molecular complexity index is 596. The Kier molecular flexibility index (Phi) is 2.49. The molecule has 1 amide bonds. The standard InChI is InChI=1S/C13H9NO2/c1-2-14-13(16)12-10-6-4-3-5-9(10)7-8-11(12)15/h1,3-8,15H,(H,14,16). The van der Waals surface area contributed by atoms with Gasteiger partial charge in [0, 0.05) is 6.04 Å². The van der Waals surface area contributed by atoms with E-state index in [9.17, 15) is 9.90 Å². The van der Waals surface area contributed by atoms with Gasteiger partial charge in [0.25, 0.3) is 5.91 Å². The van der Waals surface area contributed by atoms with Crippen LogP contribution < -0.4 is 5.32 Å². The number of hydrogen-bond donors (Lipinski definition) is 2. The number of nitrogens with one attached hydrogen (secondary N) is 1. The van der Waals surface area contributed by atoms with Gasteiger partial charge in [0.15, 0.2) is 0 Å². The van der Waals surface area contributed by atoms with Crippen LogP contribution in [0.2, 0.25) is 0 Å². The molecule has 0 radical (unpaired) electrons. The topological polar surface area (TPSA) is 49.3 Å². The van der Waals surface area contributed by atoms with Crippen molar-refractivity contribution in [1.82, 2.24) is 5.32 Å². The van der Waals surface area contributed by atoms with Crippen molar-refractivity contribution >= 4 is 16.7 Å². The van der Waals surface area contributed by atoms with E-state index < -0.39 is 5.91 Å². The number of terminal acetylenes is 1. The van der Waals surface area contributed by atoms with Crippen molar-refractivity contribution < 1.29 is 9.90 Å². The monoisotopic (exact) mass is 211 g/mol. The van der Waals surface area contributed by atoms with E-state index in [2.05, 4.69) is 5.32 Å². The van der Waals surface area contributed by atoms with E-state index in [1.807, 2.05) is 18.2 Å².